The van der Waals surface area contributed by atoms with Gasteiger partial charge in [-0.25, -0.2) is 4.68 Å². The fourth-order valence-electron chi connectivity index (χ4n) is 4.41. The largest absolute Gasteiger partial charge is 0.486 e. The molecule has 10 nitrogen and oxygen atoms in total. The molecule has 10 heteroatoms. The van der Waals surface area contributed by atoms with Crippen molar-refractivity contribution in [3.05, 3.63) is 71.8 Å². The van der Waals surface area contributed by atoms with Crippen molar-refractivity contribution >= 4 is 11.8 Å². The summed E-state index contributed by atoms with van der Waals surface area (Å²) in [4.78, 5) is 33.3. The molecule has 4 rings (SSSR count). The van der Waals surface area contributed by atoms with Crippen LogP contribution in [0.3, 0.4) is 0 Å². The minimum absolute atomic E-state index is 0.0106. The van der Waals surface area contributed by atoms with E-state index in [0.717, 1.165) is 35.2 Å². The van der Waals surface area contributed by atoms with E-state index in [2.05, 4.69) is 26.7 Å². The molecule has 212 valence electrons. The number of nitrogens with one attached hydrogen (secondary N) is 1. The Morgan fingerprint density at radius 1 is 1.23 bits per heavy atom. The summed E-state index contributed by atoms with van der Waals surface area (Å²) < 4.78 is 8.03. The molecule has 1 N–H and O–H groups in total. The van der Waals surface area contributed by atoms with E-state index >= 15 is 0 Å². The normalized spacial score (nSPS) is 15.7. The molecule has 0 saturated carbocycles. The number of likely N-dealkylation sites (N-methyl/N-ethyl adjacent to an activating group) is 1. The van der Waals surface area contributed by atoms with Crippen LogP contribution in [0.4, 0.5) is 0 Å². The van der Waals surface area contributed by atoms with E-state index < -0.39 is 0 Å². The van der Waals surface area contributed by atoms with Crippen molar-refractivity contribution in [2.24, 2.45) is 0 Å². The van der Waals surface area contributed by atoms with Crippen molar-refractivity contribution in [1.82, 2.24) is 35.1 Å². The maximum atomic E-state index is 12.6. The van der Waals surface area contributed by atoms with Crippen molar-refractivity contribution in [1.29, 1.82) is 0 Å². The zero-order valence-corrected chi connectivity index (χ0v) is 24.2. The number of carbonyl (C=O) groups excluding carboxylic acids is 2. The van der Waals surface area contributed by atoms with Gasteiger partial charge in [0.05, 0.1) is 24.5 Å². The summed E-state index contributed by atoms with van der Waals surface area (Å²) in [6, 6.07) is 8.05. The van der Waals surface area contributed by atoms with Gasteiger partial charge in [-0.3, -0.25) is 14.6 Å². The topological polar surface area (TPSA) is 105 Å². The monoisotopic (exact) mass is 545 g/mol. The molecule has 40 heavy (non-hydrogen) atoms. The lowest BCUT2D eigenvalue weighted by atomic mass is 10.00. The lowest BCUT2D eigenvalue weighted by Gasteiger charge is -2.18. The summed E-state index contributed by atoms with van der Waals surface area (Å²) in [7, 11) is 3.94. The second-order valence-corrected chi connectivity index (χ2v) is 11.4. The third-order valence-corrected chi connectivity index (χ3v) is 6.77. The molecule has 1 aromatic carbocycles. The van der Waals surface area contributed by atoms with Gasteiger partial charge in [-0.15, -0.1) is 5.10 Å². The first-order chi connectivity index (χ1) is 19.0. The number of amides is 2. The Hall–Kier alpha value is -4.05. The number of ether oxygens (including phenoxy) is 1. The van der Waals surface area contributed by atoms with Crippen LogP contribution in [0.2, 0.25) is 0 Å². The molecule has 3 aromatic rings. The number of hydrogen-bond acceptors (Lipinski definition) is 7. The van der Waals surface area contributed by atoms with E-state index in [-0.39, 0.29) is 23.5 Å². The van der Waals surface area contributed by atoms with E-state index in [1.54, 1.807) is 29.3 Å². The summed E-state index contributed by atoms with van der Waals surface area (Å²) >= 11 is 0. The van der Waals surface area contributed by atoms with E-state index in [4.69, 9.17) is 4.74 Å². The number of pyridine rings is 1. The summed E-state index contributed by atoms with van der Waals surface area (Å²) in [5.74, 6) is 0.435. The van der Waals surface area contributed by atoms with Crippen LogP contribution in [0.5, 0.6) is 5.75 Å². The molecule has 1 atom stereocenters. The highest BCUT2D eigenvalue weighted by molar-refractivity contribution is 5.91. The molecule has 0 spiro atoms. The van der Waals surface area contributed by atoms with Crippen LogP contribution in [-0.2, 0) is 16.9 Å². The van der Waals surface area contributed by atoms with Gasteiger partial charge in [-0.1, -0.05) is 29.5 Å². The highest BCUT2D eigenvalue weighted by atomic mass is 16.5. The van der Waals surface area contributed by atoms with Crippen LogP contribution < -0.4 is 10.1 Å². The third kappa shape index (κ3) is 7.32. The summed E-state index contributed by atoms with van der Waals surface area (Å²) in [6.07, 6.45) is 9.33. The van der Waals surface area contributed by atoms with Gasteiger partial charge in [0.25, 0.3) is 5.91 Å². The Kier molecular flexibility index (Phi) is 8.99. The number of rotatable bonds is 9. The van der Waals surface area contributed by atoms with Gasteiger partial charge >= 0.3 is 0 Å². The van der Waals surface area contributed by atoms with Gasteiger partial charge in [0, 0.05) is 43.9 Å². The Labute approximate surface area is 236 Å². The van der Waals surface area contributed by atoms with E-state index in [1.165, 1.54) is 0 Å². The van der Waals surface area contributed by atoms with E-state index in [0.29, 0.717) is 31.1 Å². The number of aromatic nitrogens is 4. The highest BCUT2D eigenvalue weighted by Gasteiger charge is 2.27. The lowest BCUT2D eigenvalue weighted by molar-refractivity contribution is -0.125. The molecule has 1 aliphatic heterocycles. The highest BCUT2D eigenvalue weighted by Crippen LogP contribution is 2.32. The maximum Gasteiger partial charge on any atom is 0.273 e. The molecule has 2 amide bonds. The molecule has 0 radical (unpaired) electrons. The second-order valence-electron chi connectivity index (χ2n) is 11.4. The quantitative estimate of drug-likeness (QED) is 0.411. The minimum atomic E-state index is -0.263. The van der Waals surface area contributed by atoms with Gasteiger partial charge in [-0.2, -0.15) is 0 Å². The molecule has 1 saturated heterocycles. The fourth-order valence-corrected chi connectivity index (χ4v) is 4.41. The van der Waals surface area contributed by atoms with Crippen molar-refractivity contribution in [3.8, 4) is 16.9 Å². The molecule has 2 aromatic heterocycles. The van der Waals surface area contributed by atoms with Crippen LogP contribution in [-0.4, -0.2) is 81.4 Å². The molecule has 0 bridgehead atoms. The molecular weight excluding hydrogens is 506 g/mol. The molecule has 1 aliphatic rings. The first-order valence-electron chi connectivity index (χ1n) is 13.5. The number of aryl methyl sites for hydroxylation is 1. The van der Waals surface area contributed by atoms with Gasteiger partial charge in [0.1, 0.15) is 11.9 Å². The molecular formula is C30H39N7O3. The lowest BCUT2D eigenvalue weighted by Crippen LogP contribution is -2.29. The predicted octanol–water partition coefficient (Wildman–Crippen LogP) is 3.43. The van der Waals surface area contributed by atoms with Crippen LogP contribution in [0.1, 0.15) is 48.8 Å². The average Bonchev–Trinajstić information content (AvgIpc) is 3.58. The Morgan fingerprint density at radius 3 is 2.73 bits per heavy atom. The first kappa shape index (κ1) is 28.9. The smallest absolute Gasteiger partial charge is 0.273 e. The van der Waals surface area contributed by atoms with Gasteiger partial charge < -0.3 is 19.9 Å². The Bertz CT molecular complexity index is 1370. The van der Waals surface area contributed by atoms with E-state index in [1.807, 2.05) is 75.9 Å². The van der Waals surface area contributed by atoms with Crippen molar-refractivity contribution in [2.75, 3.05) is 33.7 Å². The molecule has 3 heterocycles. The van der Waals surface area contributed by atoms with Crippen molar-refractivity contribution < 1.29 is 14.3 Å². The number of nitrogens with zero attached hydrogens (tertiary/aromatic N) is 6. The van der Waals surface area contributed by atoms with Gasteiger partial charge in [0.15, 0.2) is 5.69 Å². The number of hydrogen-bond donors (Lipinski definition) is 1. The molecule has 1 fully saturated rings. The molecule has 0 aliphatic carbocycles. The van der Waals surface area contributed by atoms with E-state index in [9.17, 15) is 9.59 Å². The number of likely N-dealkylation sites (tertiary alicyclic amines) is 1. The van der Waals surface area contributed by atoms with Crippen molar-refractivity contribution in [2.45, 2.75) is 52.3 Å². The van der Waals surface area contributed by atoms with Crippen LogP contribution >= 0.6 is 0 Å². The van der Waals surface area contributed by atoms with Gasteiger partial charge in [0.2, 0.25) is 5.91 Å². The van der Waals surface area contributed by atoms with Crippen molar-refractivity contribution in [3.63, 3.8) is 0 Å². The summed E-state index contributed by atoms with van der Waals surface area (Å²) in [5.41, 5.74) is 4.02. The summed E-state index contributed by atoms with van der Waals surface area (Å²) in [5, 5.41) is 11.0. The van der Waals surface area contributed by atoms with Crippen LogP contribution in [0, 0.1) is 6.92 Å². The first-order valence-corrected chi connectivity index (χ1v) is 13.5. The second kappa shape index (κ2) is 12.4. The third-order valence-electron chi connectivity index (χ3n) is 6.77. The maximum absolute atomic E-state index is 12.6. The predicted molar refractivity (Wildman–Crippen MR) is 154 cm³/mol. The zero-order valence-electron chi connectivity index (χ0n) is 24.2. The average molecular weight is 546 g/mol. The Balaban J connectivity index is 1.38. The minimum Gasteiger partial charge on any atom is -0.486 e. The van der Waals surface area contributed by atoms with Crippen LogP contribution in [0.15, 0.2) is 55.0 Å². The summed E-state index contributed by atoms with van der Waals surface area (Å²) in [6.45, 7) is 10.3. The zero-order chi connectivity index (χ0) is 28.9. The van der Waals surface area contributed by atoms with Gasteiger partial charge in [-0.05, 0) is 64.5 Å². The number of carbonyl (C=O) groups is 2. The SMILES string of the molecule is Cc1cc(-c2ccncc2OC2CCN(C(=O)/C=C/CN(C)C)C2)ccc1CNC(=O)c1cn(C(C)(C)C)nn1. The molecule has 1 unspecified atom stereocenters. The van der Waals surface area contributed by atoms with Crippen LogP contribution in [0.25, 0.3) is 11.1 Å². The Morgan fingerprint density at radius 2 is 2.02 bits per heavy atom. The fraction of sp³-hybridized carbons (Fsp3) is 0.433. The standard InChI is InChI=1S/C30H39N7O3/c1-21-16-22(9-10-23(21)17-32-29(39)26-20-37(34-33-26)30(2,3)4)25-11-13-31-18-27(25)40-24-12-15-36(19-24)28(38)8-7-14-35(5)6/h7-11,13,16,18,20,24H,12,14-15,17,19H2,1-6H3,(H,32,39)/b8-7+. The number of benzene rings is 1.